The Morgan fingerprint density at radius 1 is 1.11 bits per heavy atom. The molecule has 18 heavy (non-hydrogen) atoms. The zero-order valence-corrected chi connectivity index (χ0v) is 13.0. The highest BCUT2D eigenvalue weighted by Crippen LogP contribution is 2.19. The molecule has 2 aliphatic heterocycles. The first-order valence-corrected chi connectivity index (χ1v) is 7.39. The third kappa shape index (κ3) is 4.09. The minimum Gasteiger partial charge on any atom is -0.316 e. The van der Waals surface area contributed by atoms with E-state index in [1.165, 1.54) is 52.1 Å². The number of hydrogen-bond acceptors (Lipinski definition) is 3. The molecule has 2 aliphatic rings. The molecule has 0 amide bonds. The average molecular weight is 276 g/mol. The molecule has 2 heterocycles. The van der Waals surface area contributed by atoms with Crippen molar-refractivity contribution in [2.45, 2.75) is 45.7 Å². The summed E-state index contributed by atoms with van der Waals surface area (Å²) < 4.78 is 0. The molecule has 3 unspecified atom stereocenters. The molecule has 2 fully saturated rings. The van der Waals surface area contributed by atoms with Gasteiger partial charge in [-0.05, 0) is 52.2 Å². The van der Waals surface area contributed by atoms with E-state index >= 15 is 0 Å². The Labute approximate surface area is 119 Å². The highest BCUT2D eigenvalue weighted by atomic mass is 35.5. The van der Waals surface area contributed by atoms with Gasteiger partial charge in [-0.3, -0.25) is 9.80 Å². The van der Waals surface area contributed by atoms with Crippen LogP contribution in [0, 0.1) is 5.92 Å². The number of hydrogen-bond donors (Lipinski definition) is 1. The topological polar surface area (TPSA) is 18.5 Å². The second kappa shape index (κ2) is 7.68. The lowest BCUT2D eigenvalue weighted by Gasteiger charge is -2.45. The highest BCUT2D eigenvalue weighted by molar-refractivity contribution is 5.85. The number of piperidine rings is 1. The van der Waals surface area contributed by atoms with Crippen molar-refractivity contribution in [3.63, 3.8) is 0 Å². The summed E-state index contributed by atoms with van der Waals surface area (Å²) in [6.07, 6.45) is 2.78. The Morgan fingerprint density at radius 2 is 1.78 bits per heavy atom. The molecular weight excluding hydrogens is 246 g/mol. The Balaban J connectivity index is 0.00000162. The largest absolute Gasteiger partial charge is 0.316 e. The van der Waals surface area contributed by atoms with Crippen LogP contribution in [-0.4, -0.2) is 61.2 Å². The molecule has 3 atom stereocenters. The van der Waals surface area contributed by atoms with Gasteiger partial charge in [-0.15, -0.1) is 12.4 Å². The van der Waals surface area contributed by atoms with Crippen LogP contribution in [0.25, 0.3) is 0 Å². The van der Waals surface area contributed by atoms with Crippen LogP contribution in [-0.2, 0) is 0 Å². The molecule has 0 saturated carbocycles. The van der Waals surface area contributed by atoms with E-state index in [9.17, 15) is 0 Å². The van der Waals surface area contributed by atoms with Crippen LogP contribution in [0.2, 0.25) is 0 Å². The van der Waals surface area contributed by atoms with E-state index in [0.29, 0.717) is 0 Å². The van der Waals surface area contributed by atoms with Gasteiger partial charge >= 0.3 is 0 Å². The fourth-order valence-corrected chi connectivity index (χ4v) is 3.38. The maximum Gasteiger partial charge on any atom is 0.0195 e. The van der Waals surface area contributed by atoms with Crippen molar-refractivity contribution >= 4 is 12.4 Å². The summed E-state index contributed by atoms with van der Waals surface area (Å²) in [6, 6.07) is 1.46. The Morgan fingerprint density at radius 3 is 2.39 bits per heavy atom. The maximum absolute atomic E-state index is 3.53. The van der Waals surface area contributed by atoms with Gasteiger partial charge in [0.1, 0.15) is 0 Å². The zero-order chi connectivity index (χ0) is 12.3. The Bertz CT molecular complexity index is 231. The average Bonchev–Trinajstić information content (AvgIpc) is 2.34. The summed E-state index contributed by atoms with van der Waals surface area (Å²) >= 11 is 0. The SMILES string of the molecule is CCN1CC(C)N(CC2CCCNC2)CC1C.Cl. The first-order chi connectivity index (χ1) is 8.20. The summed E-state index contributed by atoms with van der Waals surface area (Å²) in [4.78, 5) is 5.33. The number of likely N-dealkylation sites (N-methyl/N-ethyl adjacent to an activating group) is 1. The van der Waals surface area contributed by atoms with Gasteiger partial charge in [-0.25, -0.2) is 0 Å². The standard InChI is InChI=1S/C14H29N3.ClH/c1-4-16-9-13(3)17(10-12(16)2)11-14-6-5-7-15-8-14;/h12-15H,4-11H2,1-3H3;1H. The molecule has 0 bridgehead atoms. The molecule has 3 nitrogen and oxygen atoms in total. The summed E-state index contributed by atoms with van der Waals surface area (Å²) in [5, 5.41) is 3.53. The third-order valence-corrected chi connectivity index (χ3v) is 4.54. The number of nitrogens with zero attached hydrogens (tertiary/aromatic N) is 2. The van der Waals surface area contributed by atoms with Gasteiger partial charge in [-0.2, -0.15) is 0 Å². The van der Waals surface area contributed by atoms with Crippen LogP contribution in [0.4, 0.5) is 0 Å². The normalized spacial score (nSPS) is 35.2. The molecule has 1 N–H and O–H groups in total. The van der Waals surface area contributed by atoms with Crippen LogP contribution in [0.1, 0.15) is 33.6 Å². The van der Waals surface area contributed by atoms with E-state index in [1.807, 2.05) is 0 Å². The molecule has 2 rings (SSSR count). The lowest BCUT2D eigenvalue weighted by molar-refractivity contribution is 0.0336. The lowest BCUT2D eigenvalue weighted by Crippen LogP contribution is -2.57. The summed E-state index contributed by atoms with van der Waals surface area (Å²) in [6.45, 7) is 14.5. The fraction of sp³-hybridized carbons (Fsp3) is 1.00. The number of halogens is 1. The Hall–Kier alpha value is 0.170. The summed E-state index contributed by atoms with van der Waals surface area (Å²) in [5.74, 6) is 0.881. The highest BCUT2D eigenvalue weighted by Gasteiger charge is 2.29. The van der Waals surface area contributed by atoms with E-state index in [0.717, 1.165) is 18.0 Å². The molecule has 0 aliphatic carbocycles. The number of piperazine rings is 1. The summed E-state index contributed by atoms with van der Waals surface area (Å²) in [7, 11) is 0. The van der Waals surface area contributed by atoms with Gasteiger partial charge in [-0.1, -0.05) is 6.92 Å². The molecule has 0 radical (unpaired) electrons. The van der Waals surface area contributed by atoms with Crippen molar-refractivity contribution in [1.82, 2.24) is 15.1 Å². The quantitative estimate of drug-likeness (QED) is 0.848. The van der Waals surface area contributed by atoms with Crippen molar-refractivity contribution < 1.29 is 0 Å². The van der Waals surface area contributed by atoms with Crippen LogP contribution in [0.5, 0.6) is 0 Å². The van der Waals surface area contributed by atoms with Crippen LogP contribution >= 0.6 is 12.4 Å². The Kier molecular flexibility index (Phi) is 6.93. The molecule has 0 spiro atoms. The van der Waals surface area contributed by atoms with Crippen LogP contribution in [0.15, 0.2) is 0 Å². The molecule has 108 valence electrons. The van der Waals surface area contributed by atoms with E-state index in [1.54, 1.807) is 0 Å². The van der Waals surface area contributed by atoms with Crippen molar-refractivity contribution in [1.29, 1.82) is 0 Å². The van der Waals surface area contributed by atoms with Crippen LogP contribution in [0.3, 0.4) is 0 Å². The zero-order valence-electron chi connectivity index (χ0n) is 12.2. The number of nitrogens with one attached hydrogen (secondary N) is 1. The molecule has 2 saturated heterocycles. The van der Waals surface area contributed by atoms with E-state index in [-0.39, 0.29) is 12.4 Å². The second-order valence-electron chi connectivity index (χ2n) is 5.95. The lowest BCUT2D eigenvalue weighted by atomic mass is 9.97. The second-order valence-corrected chi connectivity index (χ2v) is 5.95. The minimum absolute atomic E-state index is 0. The number of rotatable bonds is 3. The van der Waals surface area contributed by atoms with E-state index < -0.39 is 0 Å². The van der Waals surface area contributed by atoms with Crippen molar-refractivity contribution in [2.75, 3.05) is 39.3 Å². The van der Waals surface area contributed by atoms with Gasteiger partial charge in [0.25, 0.3) is 0 Å². The van der Waals surface area contributed by atoms with Crippen LogP contribution < -0.4 is 5.32 Å². The molecular formula is C14H30ClN3. The van der Waals surface area contributed by atoms with Gasteiger partial charge in [0.05, 0.1) is 0 Å². The van der Waals surface area contributed by atoms with E-state index in [2.05, 4.69) is 35.9 Å². The predicted molar refractivity (Wildman–Crippen MR) is 80.6 cm³/mol. The third-order valence-electron chi connectivity index (χ3n) is 4.54. The van der Waals surface area contributed by atoms with Crippen molar-refractivity contribution in [2.24, 2.45) is 5.92 Å². The van der Waals surface area contributed by atoms with E-state index in [4.69, 9.17) is 0 Å². The monoisotopic (exact) mass is 275 g/mol. The van der Waals surface area contributed by atoms with Gasteiger partial charge in [0.15, 0.2) is 0 Å². The van der Waals surface area contributed by atoms with Gasteiger partial charge in [0.2, 0.25) is 0 Å². The minimum atomic E-state index is 0. The molecule has 0 aromatic carbocycles. The first kappa shape index (κ1) is 16.2. The molecule has 4 heteroatoms. The van der Waals surface area contributed by atoms with Gasteiger partial charge < -0.3 is 5.32 Å². The smallest absolute Gasteiger partial charge is 0.0195 e. The maximum atomic E-state index is 3.53. The molecule has 0 aromatic heterocycles. The van der Waals surface area contributed by atoms with Crippen molar-refractivity contribution in [3.8, 4) is 0 Å². The van der Waals surface area contributed by atoms with Crippen molar-refractivity contribution in [3.05, 3.63) is 0 Å². The van der Waals surface area contributed by atoms with Gasteiger partial charge in [0, 0.05) is 31.7 Å². The molecule has 0 aromatic rings. The predicted octanol–water partition coefficient (Wildman–Crippen LogP) is 1.82. The summed E-state index contributed by atoms with van der Waals surface area (Å²) in [5.41, 5.74) is 0. The first-order valence-electron chi connectivity index (χ1n) is 7.39. The fourth-order valence-electron chi connectivity index (χ4n) is 3.38.